The van der Waals surface area contributed by atoms with E-state index in [4.69, 9.17) is 10.5 Å². The summed E-state index contributed by atoms with van der Waals surface area (Å²) >= 11 is 0. The van der Waals surface area contributed by atoms with Gasteiger partial charge in [-0.2, -0.15) is 0 Å². The highest BCUT2D eigenvalue weighted by atomic mass is 16.5. The van der Waals surface area contributed by atoms with Crippen LogP contribution in [0.3, 0.4) is 0 Å². The van der Waals surface area contributed by atoms with Gasteiger partial charge in [0.1, 0.15) is 0 Å². The van der Waals surface area contributed by atoms with Crippen LogP contribution in [-0.4, -0.2) is 18.8 Å². The first-order chi connectivity index (χ1) is 8.64. The summed E-state index contributed by atoms with van der Waals surface area (Å²) in [6.07, 6.45) is 10.9. The minimum Gasteiger partial charge on any atom is -0.375 e. The van der Waals surface area contributed by atoms with Gasteiger partial charge in [-0.3, -0.25) is 0 Å². The van der Waals surface area contributed by atoms with Crippen molar-refractivity contribution in [2.24, 2.45) is 11.1 Å². The molecule has 1 saturated carbocycles. The Morgan fingerprint density at radius 3 is 2.44 bits per heavy atom. The first-order valence-electron chi connectivity index (χ1n) is 7.64. The third kappa shape index (κ3) is 2.97. The highest BCUT2D eigenvalue weighted by Crippen LogP contribution is 2.49. The number of nitrogens with two attached hydrogens (primary N) is 1. The molecular weight excluding hydrogens is 222 g/mol. The van der Waals surface area contributed by atoms with Crippen LogP contribution in [0.15, 0.2) is 12.2 Å². The van der Waals surface area contributed by atoms with Gasteiger partial charge >= 0.3 is 0 Å². The molecule has 0 amide bonds. The van der Waals surface area contributed by atoms with E-state index in [-0.39, 0.29) is 5.60 Å². The van der Waals surface area contributed by atoms with Crippen molar-refractivity contribution in [3.8, 4) is 0 Å². The summed E-state index contributed by atoms with van der Waals surface area (Å²) in [6, 6.07) is 0. The van der Waals surface area contributed by atoms with Crippen molar-refractivity contribution < 1.29 is 4.74 Å². The van der Waals surface area contributed by atoms with E-state index in [0.717, 1.165) is 26.0 Å². The predicted octanol–water partition coefficient (Wildman–Crippen LogP) is 3.80. The Hall–Kier alpha value is -0.340. The van der Waals surface area contributed by atoms with Crippen molar-refractivity contribution in [3.05, 3.63) is 12.2 Å². The summed E-state index contributed by atoms with van der Waals surface area (Å²) in [6.45, 7) is 8.24. The lowest BCUT2D eigenvalue weighted by molar-refractivity contribution is -0.0524. The third-order valence-electron chi connectivity index (χ3n) is 5.07. The monoisotopic (exact) mass is 251 g/mol. The fourth-order valence-corrected chi connectivity index (χ4v) is 3.81. The molecule has 0 radical (unpaired) electrons. The van der Waals surface area contributed by atoms with Crippen LogP contribution in [0.25, 0.3) is 0 Å². The number of hydrogen-bond acceptors (Lipinski definition) is 2. The maximum Gasteiger partial charge on any atom is 0.0683 e. The summed E-state index contributed by atoms with van der Waals surface area (Å²) in [7, 11) is 0. The highest BCUT2D eigenvalue weighted by Gasteiger charge is 2.44. The zero-order chi connectivity index (χ0) is 13.1. The second-order valence-corrected chi connectivity index (χ2v) is 6.52. The molecule has 104 valence electrons. The van der Waals surface area contributed by atoms with E-state index in [1.807, 2.05) is 0 Å². The Balaban J connectivity index is 1.92. The molecule has 0 aromatic rings. The molecule has 0 bridgehead atoms. The summed E-state index contributed by atoms with van der Waals surface area (Å²) in [5.41, 5.74) is 8.03. The lowest BCUT2D eigenvalue weighted by atomic mass is 9.65. The molecule has 1 heterocycles. The molecule has 1 spiro atoms. The molecule has 2 nitrogen and oxygen atoms in total. The van der Waals surface area contributed by atoms with Crippen LogP contribution in [0.1, 0.15) is 64.7 Å². The van der Waals surface area contributed by atoms with Gasteiger partial charge in [0.2, 0.25) is 0 Å². The fraction of sp³-hybridized carbons (Fsp3) is 0.875. The van der Waals surface area contributed by atoms with Crippen LogP contribution in [0.2, 0.25) is 0 Å². The number of hydrogen-bond donors (Lipinski definition) is 1. The minimum absolute atomic E-state index is 0.227. The Kier molecular flexibility index (Phi) is 4.50. The maximum absolute atomic E-state index is 6.09. The Bertz CT molecular complexity index is 281. The molecule has 0 aromatic heterocycles. The van der Waals surface area contributed by atoms with E-state index < -0.39 is 0 Å². The second kappa shape index (κ2) is 5.75. The highest BCUT2D eigenvalue weighted by molar-refractivity contribution is 5.05. The molecule has 0 aromatic carbocycles. The van der Waals surface area contributed by atoms with Crippen molar-refractivity contribution in [1.82, 2.24) is 0 Å². The average Bonchev–Trinajstić information content (AvgIpc) is 2.82. The first-order valence-corrected chi connectivity index (χ1v) is 7.64. The number of ether oxygens (including phenoxy) is 1. The van der Waals surface area contributed by atoms with E-state index in [1.54, 1.807) is 0 Å². The number of allylic oxidation sites excluding steroid dienone is 1. The van der Waals surface area contributed by atoms with E-state index >= 15 is 0 Å². The Morgan fingerprint density at radius 2 is 1.94 bits per heavy atom. The van der Waals surface area contributed by atoms with Gasteiger partial charge in [-0.05, 0) is 63.3 Å². The van der Waals surface area contributed by atoms with Gasteiger partial charge in [-0.1, -0.05) is 25.5 Å². The number of rotatable bonds is 5. The van der Waals surface area contributed by atoms with Gasteiger partial charge in [-0.15, -0.1) is 0 Å². The lowest BCUT2D eigenvalue weighted by Crippen LogP contribution is -2.42. The summed E-state index contributed by atoms with van der Waals surface area (Å²) in [5, 5.41) is 0. The fourth-order valence-electron chi connectivity index (χ4n) is 3.81. The van der Waals surface area contributed by atoms with Crippen molar-refractivity contribution in [3.63, 3.8) is 0 Å². The average molecular weight is 251 g/mol. The molecular formula is C16H29NO. The Labute approximate surface area is 112 Å². The van der Waals surface area contributed by atoms with Gasteiger partial charge in [0, 0.05) is 6.61 Å². The maximum atomic E-state index is 6.09. The van der Waals surface area contributed by atoms with Crippen molar-refractivity contribution >= 4 is 0 Å². The predicted molar refractivity (Wildman–Crippen MR) is 76.5 cm³/mol. The van der Waals surface area contributed by atoms with Gasteiger partial charge in [-0.25, -0.2) is 0 Å². The molecule has 1 saturated heterocycles. The zero-order valence-corrected chi connectivity index (χ0v) is 12.0. The summed E-state index contributed by atoms with van der Waals surface area (Å²) < 4.78 is 6.01. The van der Waals surface area contributed by atoms with E-state index in [9.17, 15) is 0 Å². The molecule has 2 aliphatic rings. The molecule has 2 heteroatoms. The molecule has 2 fully saturated rings. The minimum atomic E-state index is 0.227. The van der Waals surface area contributed by atoms with Gasteiger partial charge in [0.25, 0.3) is 0 Å². The van der Waals surface area contributed by atoms with Crippen LogP contribution in [0.4, 0.5) is 0 Å². The van der Waals surface area contributed by atoms with Crippen molar-refractivity contribution in [1.29, 1.82) is 0 Å². The summed E-state index contributed by atoms with van der Waals surface area (Å²) in [4.78, 5) is 0. The van der Waals surface area contributed by atoms with Gasteiger partial charge in [0.15, 0.2) is 0 Å². The van der Waals surface area contributed by atoms with Crippen molar-refractivity contribution in [2.45, 2.75) is 70.3 Å². The van der Waals surface area contributed by atoms with E-state index in [1.165, 1.54) is 50.5 Å². The SMILES string of the molecule is C=C(CCC)CC1(CN)CCC2(CCCO2)CC1. The van der Waals surface area contributed by atoms with Crippen LogP contribution >= 0.6 is 0 Å². The summed E-state index contributed by atoms with van der Waals surface area (Å²) in [5.74, 6) is 0. The topological polar surface area (TPSA) is 35.2 Å². The van der Waals surface area contributed by atoms with Crippen LogP contribution in [-0.2, 0) is 4.74 Å². The smallest absolute Gasteiger partial charge is 0.0683 e. The van der Waals surface area contributed by atoms with E-state index in [0.29, 0.717) is 5.41 Å². The second-order valence-electron chi connectivity index (χ2n) is 6.52. The lowest BCUT2D eigenvalue weighted by Gasteiger charge is -2.44. The molecule has 2 N–H and O–H groups in total. The quantitative estimate of drug-likeness (QED) is 0.754. The van der Waals surface area contributed by atoms with Crippen molar-refractivity contribution in [2.75, 3.05) is 13.2 Å². The molecule has 18 heavy (non-hydrogen) atoms. The Morgan fingerprint density at radius 1 is 1.22 bits per heavy atom. The van der Waals surface area contributed by atoms with Crippen LogP contribution in [0.5, 0.6) is 0 Å². The molecule has 2 rings (SSSR count). The van der Waals surface area contributed by atoms with E-state index in [2.05, 4.69) is 13.5 Å². The van der Waals surface area contributed by atoms with Crippen LogP contribution < -0.4 is 5.73 Å². The molecule has 0 unspecified atom stereocenters. The van der Waals surface area contributed by atoms with Gasteiger partial charge in [0.05, 0.1) is 5.60 Å². The van der Waals surface area contributed by atoms with Gasteiger partial charge < -0.3 is 10.5 Å². The zero-order valence-electron chi connectivity index (χ0n) is 12.0. The molecule has 0 atom stereocenters. The third-order valence-corrected chi connectivity index (χ3v) is 5.07. The van der Waals surface area contributed by atoms with Crippen LogP contribution in [0, 0.1) is 5.41 Å². The molecule has 1 aliphatic carbocycles. The standard InChI is InChI=1S/C16H29NO/c1-3-5-14(2)12-15(13-17)7-9-16(10-8-15)6-4-11-18-16/h2-13,17H2,1H3. The normalized spacial score (nSPS) is 36.1. The largest absolute Gasteiger partial charge is 0.375 e. The molecule has 1 aliphatic heterocycles. The first kappa shape index (κ1) is 14.1.